The van der Waals surface area contributed by atoms with Crippen LogP contribution in [0.1, 0.15) is 75.7 Å². The fraction of sp³-hybridized carbons (Fsp3) is 0.343. The number of halogens is 1. The van der Waals surface area contributed by atoms with Gasteiger partial charge in [0, 0.05) is 35.2 Å². The van der Waals surface area contributed by atoms with Gasteiger partial charge in [0.1, 0.15) is 34.8 Å². The number of nitrogens with zero attached hydrogens (tertiary/aromatic N) is 8. The van der Waals surface area contributed by atoms with E-state index in [9.17, 15) is 14.4 Å². The van der Waals surface area contributed by atoms with Gasteiger partial charge in [0.15, 0.2) is 0 Å². The van der Waals surface area contributed by atoms with Gasteiger partial charge in [-0.15, -0.1) is 0 Å². The van der Waals surface area contributed by atoms with Crippen molar-refractivity contribution in [2.24, 2.45) is 5.73 Å². The molecule has 7 rings (SSSR count). The Balaban J connectivity index is 0.992. The maximum atomic E-state index is 13.6. The summed E-state index contributed by atoms with van der Waals surface area (Å²) in [7, 11) is 0. The van der Waals surface area contributed by atoms with Crippen molar-refractivity contribution in [3.05, 3.63) is 75.3 Å². The number of imidazole rings is 2. The average molecular weight is 757 g/mol. The van der Waals surface area contributed by atoms with Crippen LogP contribution in [0, 0.1) is 6.92 Å². The standard InChI is InChI=1S/C35H38BrN11O4/c1-4-44-25-12-9-11-23(36)28(25)40-35(44)42-33(50)29-21(19-38-46(29)5-2)10-7-6-8-13-47-26(16-20(3)43-47)32(49)41-34-39-24-17-22(31(37)48)18-27-30(24)45(34)14-15-51-27/h9,11-12,16-19H,4-8,10,13-15H2,1-3H3,(H2,37,48)(H,39,41,49)(H,40,42,50). The third-order valence-corrected chi connectivity index (χ3v) is 9.68. The fourth-order valence-corrected chi connectivity index (χ4v) is 7.10. The van der Waals surface area contributed by atoms with E-state index in [0.717, 1.165) is 46.0 Å². The van der Waals surface area contributed by atoms with Crippen molar-refractivity contribution in [1.82, 2.24) is 38.7 Å². The second-order valence-electron chi connectivity index (χ2n) is 12.4. The molecular formula is C35H38BrN11O4. The summed E-state index contributed by atoms with van der Waals surface area (Å²) in [6.45, 7) is 8.43. The number of carbonyl (C=O) groups excluding carboxylic acids is 3. The zero-order valence-electron chi connectivity index (χ0n) is 28.6. The molecule has 0 atom stereocenters. The minimum absolute atomic E-state index is 0.246. The number of nitrogens with one attached hydrogen (secondary N) is 2. The van der Waals surface area contributed by atoms with Crippen molar-refractivity contribution in [1.29, 1.82) is 0 Å². The van der Waals surface area contributed by atoms with Gasteiger partial charge in [0.25, 0.3) is 11.8 Å². The zero-order valence-corrected chi connectivity index (χ0v) is 30.2. The van der Waals surface area contributed by atoms with Crippen LogP contribution in [0.4, 0.5) is 11.9 Å². The highest BCUT2D eigenvalue weighted by Gasteiger charge is 2.25. The van der Waals surface area contributed by atoms with E-state index in [1.54, 1.807) is 33.8 Å². The number of nitrogens with two attached hydrogens (primary N) is 1. The molecule has 0 unspecified atom stereocenters. The van der Waals surface area contributed by atoms with Gasteiger partial charge in [-0.2, -0.15) is 10.2 Å². The van der Waals surface area contributed by atoms with Crippen LogP contribution >= 0.6 is 15.9 Å². The van der Waals surface area contributed by atoms with Crippen molar-refractivity contribution in [2.75, 3.05) is 17.2 Å². The smallest absolute Gasteiger partial charge is 0.276 e. The molecule has 1 aliphatic rings. The van der Waals surface area contributed by atoms with E-state index in [2.05, 4.69) is 41.7 Å². The molecule has 4 N–H and O–H groups in total. The normalized spacial score (nSPS) is 12.4. The summed E-state index contributed by atoms with van der Waals surface area (Å²) in [5, 5.41) is 15.0. The number of benzene rings is 2. The largest absolute Gasteiger partial charge is 0.489 e. The molecule has 0 fully saturated rings. The number of rotatable bonds is 13. The monoisotopic (exact) mass is 755 g/mol. The predicted molar refractivity (Wildman–Crippen MR) is 195 cm³/mol. The molecular weight excluding hydrogens is 718 g/mol. The van der Waals surface area contributed by atoms with Crippen LogP contribution in [0.3, 0.4) is 0 Å². The summed E-state index contributed by atoms with van der Waals surface area (Å²) >= 11 is 3.57. The molecule has 4 aromatic heterocycles. The Morgan fingerprint density at radius 2 is 1.80 bits per heavy atom. The van der Waals surface area contributed by atoms with Gasteiger partial charge in [-0.3, -0.25) is 34.4 Å². The Morgan fingerprint density at radius 3 is 2.59 bits per heavy atom. The second-order valence-corrected chi connectivity index (χ2v) is 13.2. The second kappa shape index (κ2) is 14.0. The molecule has 0 bridgehead atoms. The molecule has 16 heteroatoms. The summed E-state index contributed by atoms with van der Waals surface area (Å²) in [6, 6.07) is 10.8. The summed E-state index contributed by atoms with van der Waals surface area (Å²) in [6.07, 6.45) is 4.88. The fourth-order valence-electron chi connectivity index (χ4n) is 6.66. The maximum absolute atomic E-state index is 13.6. The lowest BCUT2D eigenvalue weighted by atomic mass is 10.1. The SMILES string of the molecule is CCn1ncc(CCCCCn2nc(C)cc2C(=O)Nc2nc3cc(C(N)=O)cc4c3n2CCO4)c1C(=O)Nc1nc2c(Br)cccc2n1CC. The molecule has 15 nitrogen and oxygen atoms in total. The number of ether oxygens (including phenoxy) is 1. The summed E-state index contributed by atoms with van der Waals surface area (Å²) in [5.41, 5.74) is 11.3. The van der Waals surface area contributed by atoms with E-state index >= 15 is 0 Å². The molecule has 0 saturated heterocycles. The molecule has 5 heterocycles. The Bertz CT molecular complexity index is 2310. The Morgan fingerprint density at radius 1 is 0.980 bits per heavy atom. The van der Waals surface area contributed by atoms with Gasteiger partial charge in [0.05, 0.1) is 29.5 Å². The quantitative estimate of drug-likeness (QED) is 0.133. The molecule has 3 amide bonds. The number of aryl methyl sites for hydroxylation is 5. The Labute approximate surface area is 301 Å². The van der Waals surface area contributed by atoms with Crippen LogP contribution in [-0.2, 0) is 32.6 Å². The van der Waals surface area contributed by atoms with E-state index in [0.29, 0.717) is 79.3 Å². The van der Waals surface area contributed by atoms with Crippen LogP contribution in [0.15, 0.2) is 47.1 Å². The molecule has 51 heavy (non-hydrogen) atoms. The predicted octanol–water partition coefficient (Wildman–Crippen LogP) is 5.30. The van der Waals surface area contributed by atoms with Gasteiger partial charge in [-0.1, -0.05) is 12.5 Å². The van der Waals surface area contributed by atoms with Gasteiger partial charge in [-0.05, 0) is 86.3 Å². The molecule has 2 aromatic carbocycles. The highest BCUT2D eigenvalue weighted by Crippen LogP contribution is 2.33. The molecule has 0 saturated carbocycles. The topological polar surface area (TPSA) is 182 Å². The Kier molecular flexibility index (Phi) is 9.33. The van der Waals surface area contributed by atoms with Crippen LogP contribution in [0.2, 0.25) is 0 Å². The first-order valence-corrected chi connectivity index (χ1v) is 17.8. The van der Waals surface area contributed by atoms with E-state index in [1.165, 1.54) is 0 Å². The number of hydrogen-bond donors (Lipinski definition) is 3. The van der Waals surface area contributed by atoms with E-state index in [-0.39, 0.29) is 17.4 Å². The molecule has 6 aromatic rings. The Hall–Kier alpha value is -5.51. The van der Waals surface area contributed by atoms with Crippen molar-refractivity contribution in [3.63, 3.8) is 0 Å². The number of para-hydroxylation sites is 1. The summed E-state index contributed by atoms with van der Waals surface area (Å²) < 4.78 is 13.9. The first-order chi connectivity index (χ1) is 24.7. The first-order valence-electron chi connectivity index (χ1n) is 17.0. The number of hydrogen-bond acceptors (Lipinski definition) is 8. The van der Waals surface area contributed by atoms with Crippen molar-refractivity contribution < 1.29 is 19.1 Å². The van der Waals surface area contributed by atoms with E-state index in [1.807, 2.05) is 48.1 Å². The molecule has 0 radical (unpaired) electrons. The third kappa shape index (κ3) is 6.46. The van der Waals surface area contributed by atoms with Gasteiger partial charge in [-0.25, -0.2) is 9.97 Å². The molecule has 0 aliphatic carbocycles. The van der Waals surface area contributed by atoms with Gasteiger partial charge < -0.3 is 19.6 Å². The number of primary amides is 1. The zero-order chi connectivity index (χ0) is 35.8. The van der Waals surface area contributed by atoms with E-state index < -0.39 is 5.91 Å². The number of unbranched alkanes of at least 4 members (excludes halogenated alkanes) is 2. The number of carbonyl (C=O) groups is 3. The highest BCUT2D eigenvalue weighted by molar-refractivity contribution is 9.10. The van der Waals surface area contributed by atoms with Gasteiger partial charge >= 0.3 is 0 Å². The molecule has 1 aliphatic heterocycles. The van der Waals surface area contributed by atoms with Crippen LogP contribution < -0.4 is 21.1 Å². The lowest BCUT2D eigenvalue weighted by molar-refractivity contribution is 0.0994. The summed E-state index contributed by atoms with van der Waals surface area (Å²) in [4.78, 5) is 48.3. The van der Waals surface area contributed by atoms with Crippen LogP contribution in [-0.4, -0.2) is 63.0 Å². The third-order valence-electron chi connectivity index (χ3n) is 9.04. The molecule has 264 valence electrons. The van der Waals surface area contributed by atoms with Gasteiger partial charge in [0.2, 0.25) is 17.8 Å². The van der Waals surface area contributed by atoms with Crippen molar-refractivity contribution in [2.45, 2.75) is 72.6 Å². The van der Waals surface area contributed by atoms with Crippen LogP contribution in [0.25, 0.3) is 22.1 Å². The van der Waals surface area contributed by atoms with Crippen LogP contribution in [0.5, 0.6) is 5.75 Å². The van der Waals surface area contributed by atoms with Crippen molar-refractivity contribution in [3.8, 4) is 5.75 Å². The number of anilines is 2. The maximum Gasteiger partial charge on any atom is 0.276 e. The number of amides is 3. The number of fused-ring (bicyclic) bond motifs is 1. The summed E-state index contributed by atoms with van der Waals surface area (Å²) in [5.74, 6) is 0.190. The highest BCUT2D eigenvalue weighted by atomic mass is 79.9. The van der Waals surface area contributed by atoms with Crippen molar-refractivity contribution >= 4 is 67.6 Å². The first kappa shape index (κ1) is 34.0. The average Bonchev–Trinajstić information content (AvgIpc) is 3.88. The number of aromatic nitrogens is 8. The lowest BCUT2D eigenvalue weighted by Crippen LogP contribution is -2.22. The minimum Gasteiger partial charge on any atom is -0.489 e. The minimum atomic E-state index is -0.581. The lowest BCUT2D eigenvalue weighted by Gasteiger charge is -2.18. The molecule has 0 spiro atoms. The van der Waals surface area contributed by atoms with E-state index in [4.69, 9.17) is 15.5 Å².